The van der Waals surface area contributed by atoms with Gasteiger partial charge in [0, 0.05) is 12.5 Å². The number of aryl methyl sites for hydroxylation is 1. The Labute approximate surface area is 159 Å². The van der Waals surface area contributed by atoms with Crippen LogP contribution in [0.15, 0.2) is 48.7 Å². The molecule has 3 N–H and O–H groups in total. The molecule has 0 radical (unpaired) electrons. The summed E-state index contributed by atoms with van der Waals surface area (Å²) in [6.45, 7) is 0. The van der Waals surface area contributed by atoms with E-state index in [1.165, 1.54) is 12.3 Å². The molecule has 1 aromatic heterocycles. The number of nitrogens with zero attached hydrogens (tertiary/aromatic N) is 1. The minimum absolute atomic E-state index is 0. The van der Waals surface area contributed by atoms with Crippen LogP contribution in [0.2, 0.25) is 0 Å². The molecular formula is C20H25ClN2O3. The lowest BCUT2D eigenvalue weighted by atomic mass is 9.80. The van der Waals surface area contributed by atoms with Gasteiger partial charge in [0.1, 0.15) is 11.4 Å². The maximum atomic E-state index is 12.1. The first kappa shape index (κ1) is 20.2. The molecule has 0 atom stereocenters. The van der Waals surface area contributed by atoms with Gasteiger partial charge in [0.15, 0.2) is 0 Å². The number of aliphatic hydroxyl groups is 1. The van der Waals surface area contributed by atoms with Crippen molar-refractivity contribution in [1.82, 2.24) is 10.3 Å². The topological polar surface area (TPSA) is 82.5 Å². The van der Waals surface area contributed by atoms with E-state index in [4.69, 9.17) is 0 Å². The summed E-state index contributed by atoms with van der Waals surface area (Å²) >= 11 is 0. The van der Waals surface area contributed by atoms with Gasteiger partial charge in [-0.05, 0) is 49.8 Å². The predicted molar refractivity (Wildman–Crippen MR) is 102 cm³/mol. The first-order valence-electron chi connectivity index (χ1n) is 8.76. The Hall–Kier alpha value is -2.11. The average Bonchev–Trinajstić information content (AvgIpc) is 2.63. The second kappa shape index (κ2) is 9.01. The normalized spacial score (nSPS) is 22.3. The fraction of sp³-hybridized carbons (Fsp3) is 0.400. The summed E-state index contributed by atoms with van der Waals surface area (Å²) in [6, 6.07) is 13.3. The molecule has 1 aliphatic carbocycles. The summed E-state index contributed by atoms with van der Waals surface area (Å²) in [5.74, 6) is 0.147. The quantitative estimate of drug-likeness (QED) is 0.748. The van der Waals surface area contributed by atoms with Crippen LogP contribution in [0.25, 0.3) is 0 Å². The first-order valence-corrected chi connectivity index (χ1v) is 8.76. The van der Waals surface area contributed by atoms with E-state index in [-0.39, 0.29) is 30.1 Å². The number of carbonyl (C=O) groups is 1. The lowest BCUT2D eigenvalue weighted by molar-refractivity contribution is -0.122. The summed E-state index contributed by atoms with van der Waals surface area (Å²) in [7, 11) is 0. The number of amides is 1. The predicted octanol–water partition coefficient (Wildman–Crippen LogP) is 3.09. The van der Waals surface area contributed by atoms with Crippen molar-refractivity contribution in [2.45, 2.75) is 50.2 Å². The standard InChI is InChI=1S/C20H24N2O3.ClH/c23-17-7-8-18(21-14-17)20(25)12-10-16(11-13-20)22-19(24)9-6-15-4-2-1-3-5-15;/h1-5,7-8,14,16,23,25H,6,9-13H2,(H,22,24);1H. The van der Waals surface area contributed by atoms with Crippen LogP contribution in [0.5, 0.6) is 5.75 Å². The highest BCUT2D eigenvalue weighted by molar-refractivity contribution is 5.85. The van der Waals surface area contributed by atoms with Crippen LogP contribution in [0.3, 0.4) is 0 Å². The van der Waals surface area contributed by atoms with Gasteiger partial charge in [-0.25, -0.2) is 0 Å². The number of aromatic hydroxyl groups is 1. The van der Waals surface area contributed by atoms with E-state index < -0.39 is 5.60 Å². The average molecular weight is 377 g/mol. The third-order valence-electron chi connectivity index (χ3n) is 4.89. The van der Waals surface area contributed by atoms with E-state index in [0.717, 1.165) is 24.8 Å². The van der Waals surface area contributed by atoms with Crippen LogP contribution in [-0.2, 0) is 16.8 Å². The minimum Gasteiger partial charge on any atom is -0.506 e. The highest BCUT2D eigenvalue weighted by Gasteiger charge is 2.36. The molecule has 3 rings (SSSR count). The molecule has 0 aliphatic heterocycles. The van der Waals surface area contributed by atoms with Crippen molar-refractivity contribution in [2.24, 2.45) is 0 Å². The van der Waals surface area contributed by atoms with Crippen LogP contribution in [0.1, 0.15) is 43.4 Å². The van der Waals surface area contributed by atoms with Crippen molar-refractivity contribution in [3.8, 4) is 5.75 Å². The highest BCUT2D eigenvalue weighted by atomic mass is 35.5. The molecule has 140 valence electrons. The highest BCUT2D eigenvalue weighted by Crippen LogP contribution is 2.36. The number of carbonyl (C=O) groups excluding carboxylic acids is 1. The molecule has 26 heavy (non-hydrogen) atoms. The lowest BCUT2D eigenvalue weighted by Crippen LogP contribution is -2.42. The first-order chi connectivity index (χ1) is 12.0. The van der Waals surface area contributed by atoms with Gasteiger partial charge in [-0.15, -0.1) is 12.4 Å². The van der Waals surface area contributed by atoms with Crippen LogP contribution < -0.4 is 5.32 Å². The maximum Gasteiger partial charge on any atom is 0.220 e. The Morgan fingerprint density at radius 2 is 1.85 bits per heavy atom. The number of hydrogen-bond donors (Lipinski definition) is 3. The molecule has 1 aromatic carbocycles. The summed E-state index contributed by atoms with van der Waals surface area (Å²) < 4.78 is 0. The molecule has 1 amide bonds. The number of nitrogens with one attached hydrogen (secondary N) is 1. The third-order valence-corrected chi connectivity index (χ3v) is 4.89. The number of rotatable bonds is 5. The zero-order valence-corrected chi connectivity index (χ0v) is 15.4. The van der Waals surface area contributed by atoms with Gasteiger partial charge < -0.3 is 15.5 Å². The van der Waals surface area contributed by atoms with Crippen molar-refractivity contribution < 1.29 is 15.0 Å². The molecule has 5 nitrogen and oxygen atoms in total. The zero-order chi connectivity index (χ0) is 17.7. The molecule has 0 saturated heterocycles. The van der Waals surface area contributed by atoms with Gasteiger partial charge >= 0.3 is 0 Å². The van der Waals surface area contributed by atoms with E-state index in [1.54, 1.807) is 6.07 Å². The van der Waals surface area contributed by atoms with Gasteiger partial charge in [0.25, 0.3) is 0 Å². The zero-order valence-electron chi connectivity index (χ0n) is 14.6. The lowest BCUT2D eigenvalue weighted by Gasteiger charge is -2.35. The second-order valence-corrected chi connectivity index (χ2v) is 6.76. The van der Waals surface area contributed by atoms with Crippen molar-refractivity contribution in [1.29, 1.82) is 0 Å². The molecule has 1 heterocycles. The van der Waals surface area contributed by atoms with Crippen LogP contribution >= 0.6 is 12.4 Å². The van der Waals surface area contributed by atoms with Gasteiger partial charge in [-0.3, -0.25) is 9.78 Å². The van der Waals surface area contributed by atoms with Gasteiger partial charge in [-0.1, -0.05) is 30.3 Å². The number of pyridine rings is 1. The number of aromatic nitrogens is 1. The minimum atomic E-state index is -0.973. The Morgan fingerprint density at radius 1 is 1.15 bits per heavy atom. The van der Waals surface area contributed by atoms with Crippen LogP contribution in [0, 0.1) is 0 Å². The van der Waals surface area contributed by atoms with Crippen LogP contribution in [0.4, 0.5) is 0 Å². The molecular weight excluding hydrogens is 352 g/mol. The van der Waals surface area contributed by atoms with Crippen molar-refractivity contribution in [3.63, 3.8) is 0 Å². The molecule has 2 aromatic rings. The fourth-order valence-electron chi connectivity index (χ4n) is 3.36. The van der Waals surface area contributed by atoms with Crippen molar-refractivity contribution in [2.75, 3.05) is 0 Å². The van der Waals surface area contributed by atoms with E-state index in [2.05, 4.69) is 10.3 Å². The number of hydrogen-bond acceptors (Lipinski definition) is 4. The monoisotopic (exact) mass is 376 g/mol. The second-order valence-electron chi connectivity index (χ2n) is 6.76. The molecule has 1 aliphatic rings. The number of halogens is 1. The maximum absolute atomic E-state index is 12.1. The summed E-state index contributed by atoms with van der Waals surface area (Å²) in [4.78, 5) is 16.3. The Balaban J connectivity index is 0.00000243. The van der Waals surface area contributed by atoms with E-state index in [9.17, 15) is 15.0 Å². The third kappa shape index (κ3) is 5.19. The van der Waals surface area contributed by atoms with E-state index in [1.807, 2.05) is 30.3 Å². The Bertz CT molecular complexity index is 699. The van der Waals surface area contributed by atoms with E-state index >= 15 is 0 Å². The molecule has 0 spiro atoms. The largest absolute Gasteiger partial charge is 0.506 e. The Kier molecular flexibility index (Phi) is 7.00. The van der Waals surface area contributed by atoms with E-state index in [0.29, 0.717) is 25.0 Å². The summed E-state index contributed by atoms with van der Waals surface area (Å²) in [6.07, 6.45) is 5.10. The van der Waals surface area contributed by atoms with Gasteiger partial charge in [0.05, 0.1) is 11.9 Å². The Morgan fingerprint density at radius 3 is 2.46 bits per heavy atom. The smallest absolute Gasteiger partial charge is 0.220 e. The molecule has 6 heteroatoms. The van der Waals surface area contributed by atoms with Gasteiger partial charge in [-0.2, -0.15) is 0 Å². The van der Waals surface area contributed by atoms with Crippen molar-refractivity contribution in [3.05, 3.63) is 59.9 Å². The summed E-state index contributed by atoms with van der Waals surface area (Å²) in [5, 5.41) is 23.2. The van der Waals surface area contributed by atoms with Crippen LogP contribution in [-0.4, -0.2) is 27.1 Å². The number of benzene rings is 1. The molecule has 0 unspecified atom stereocenters. The molecule has 1 saturated carbocycles. The van der Waals surface area contributed by atoms with Gasteiger partial charge in [0.2, 0.25) is 5.91 Å². The summed E-state index contributed by atoms with van der Waals surface area (Å²) in [5.41, 5.74) is 0.770. The molecule has 1 fully saturated rings. The van der Waals surface area contributed by atoms with Crippen molar-refractivity contribution >= 4 is 18.3 Å². The fourth-order valence-corrected chi connectivity index (χ4v) is 3.36. The SMILES string of the molecule is Cl.O=C(CCc1ccccc1)NC1CCC(O)(c2ccc(O)cn2)CC1. The molecule has 0 bridgehead atoms.